The molecule has 7 nitrogen and oxygen atoms in total. The highest BCUT2D eigenvalue weighted by Crippen LogP contribution is 2.16. The molecule has 9 heteroatoms. The number of hydrogen-bond acceptors (Lipinski definition) is 4. The van der Waals surface area contributed by atoms with Gasteiger partial charge in [-0.15, -0.1) is 0 Å². The van der Waals surface area contributed by atoms with Crippen LogP contribution >= 0.6 is 11.6 Å². The number of aliphatic carboxylic acids is 1. The number of rotatable bonds is 5. The molecule has 2 amide bonds. The lowest BCUT2D eigenvalue weighted by Crippen LogP contribution is -2.41. The summed E-state index contributed by atoms with van der Waals surface area (Å²) in [6.07, 6.45) is 0.800. The summed E-state index contributed by atoms with van der Waals surface area (Å²) in [6.45, 7) is -1.40. The van der Waals surface area contributed by atoms with Crippen LogP contribution in [0.1, 0.15) is 10.4 Å². The molecular weight excluding hydrogens is 281 g/mol. The summed E-state index contributed by atoms with van der Waals surface area (Å²) >= 11 is 5.62. The molecule has 3 N–H and O–H groups in total. The number of nitrogens with zero attached hydrogens (tertiary/aromatic N) is 2. The highest BCUT2D eigenvalue weighted by atomic mass is 35.5. The number of nitrogens with two attached hydrogens (primary N) is 1. The Bertz CT molecular complexity index is 522. The fourth-order valence-electron chi connectivity index (χ4n) is 1.29. The SMILES string of the molecule is NC(=O)CN(CC(=O)O)C(=O)c1cc(F)cnc1Cl. The number of halogens is 2. The Morgan fingerprint density at radius 2 is 2.05 bits per heavy atom. The molecule has 0 unspecified atom stereocenters. The topological polar surface area (TPSA) is 114 Å². The maximum Gasteiger partial charge on any atom is 0.323 e. The van der Waals surface area contributed by atoms with Crippen molar-refractivity contribution in [2.45, 2.75) is 0 Å². The average Bonchev–Trinajstić information content (AvgIpc) is 2.29. The van der Waals surface area contributed by atoms with E-state index >= 15 is 0 Å². The van der Waals surface area contributed by atoms with E-state index in [0.717, 1.165) is 12.3 Å². The Morgan fingerprint density at radius 3 is 2.58 bits per heavy atom. The summed E-state index contributed by atoms with van der Waals surface area (Å²) in [4.78, 5) is 37.4. The predicted molar refractivity (Wildman–Crippen MR) is 61.9 cm³/mol. The van der Waals surface area contributed by atoms with E-state index in [2.05, 4.69) is 4.98 Å². The van der Waals surface area contributed by atoms with Crippen LogP contribution in [0.15, 0.2) is 12.3 Å². The molecule has 0 fully saturated rings. The Labute approximate surface area is 111 Å². The zero-order valence-electron chi connectivity index (χ0n) is 9.47. The number of primary amides is 1. The lowest BCUT2D eigenvalue weighted by molar-refractivity contribution is -0.138. The molecule has 19 heavy (non-hydrogen) atoms. The zero-order chi connectivity index (χ0) is 14.6. The van der Waals surface area contributed by atoms with E-state index in [1.54, 1.807) is 0 Å². The number of aromatic nitrogens is 1. The smallest absolute Gasteiger partial charge is 0.323 e. The van der Waals surface area contributed by atoms with Gasteiger partial charge in [-0.1, -0.05) is 11.6 Å². The second-order valence-corrected chi connectivity index (χ2v) is 3.87. The van der Waals surface area contributed by atoms with Gasteiger partial charge < -0.3 is 15.7 Å². The van der Waals surface area contributed by atoms with Crippen molar-refractivity contribution in [3.8, 4) is 0 Å². The second kappa shape index (κ2) is 6.10. The van der Waals surface area contributed by atoms with Crippen LogP contribution in [0.4, 0.5) is 4.39 Å². The summed E-state index contributed by atoms with van der Waals surface area (Å²) in [5.74, 6) is -4.02. The Morgan fingerprint density at radius 1 is 1.42 bits per heavy atom. The van der Waals surface area contributed by atoms with Crippen LogP contribution in [0.25, 0.3) is 0 Å². The molecule has 0 spiro atoms. The van der Waals surface area contributed by atoms with E-state index in [1.807, 2.05) is 0 Å². The van der Waals surface area contributed by atoms with Crippen LogP contribution in [0.2, 0.25) is 5.15 Å². The summed E-state index contributed by atoms with van der Waals surface area (Å²) < 4.78 is 13.0. The summed E-state index contributed by atoms with van der Waals surface area (Å²) in [6, 6.07) is 0.799. The molecule has 0 aliphatic carbocycles. The van der Waals surface area contributed by atoms with E-state index in [0.29, 0.717) is 4.90 Å². The first-order valence-corrected chi connectivity index (χ1v) is 5.29. The molecule has 0 bridgehead atoms. The van der Waals surface area contributed by atoms with Crippen LogP contribution in [-0.4, -0.2) is 45.9 Å². The predicted octanol–water partition coefficient (Wildman–Crippen LogP) is -0.114. The third-order valence-corrected chi connectivity index (χ3v) is 2.30. The highest BCUT2D eigenvalue weighted by Gasteiger charge is 2.23. The van der Waals surface area contributed by atoms with Crippen LogP contribution in [-0.2, 0) is 9.59 Å². The molecule has 0 radical (unpaired) electrons. The zero-order valence-corrected chi connectivity index (χ0v) is 10.2. The van der Waals surface area contributed by atoms with Gasteiger partial charge in [-0.05, 0) is 6.07 Å². The number of amides is 2. The molecule has 1 rings (SSSR count). The van der Waals surface area contributed by atoms with Crippen LogP contribution in [0.3, 0.4) is 0 Å². The van der Waals surface area contributed by atoms with Gasteiger partial charge in [0, 0.05) is 0 Å². The molecule has 1 heterocycles. The molecule has 0 aliphatic rings. The maximum atomic E-state index is 13.0. The third kappa shape index (κ3) is 4.18. The van der Waals surface area contributed by atoms with Crippen molar-refractivity contribution in [2.75, 3.05) is 13.1 Å². The number of carbonyl (C=O) groups excluding carboxylic acids is 2. The van der Waals surface area contributed by atoms with Crippen molar-refractivity contribution >= 4 is 29.4 Å². The molecule has 0 aromatic carbocycles. The standard InChI is InChI=1S/C10H9ClFN3O4/c11-9-6(1-5(12)2-14-9)10(19)15(3-7(13)16)4-8(17)18/h1-2H,3-4H2,(H2,13,16)(H,17,18). The average molecular weight is 290 g/mol. The van der Waals surface area contributed by atoms with Gasteiger partial charge in [0.1, 0.15) is 24.1 Å². The van der Waals surface area contributed by atoms with E-state index in [-0.39, 0.29) is 10.7 Å². The minimum Gasteiger partial charge on any atom is -0.480 e. The van der Waals surface area contributed by atoms with Gasteiger partial charge in [0.2, 0.25) is 5.91 Å². The first kappa shape index (κ1) is 14.8. The number of hydrogen-bond donors (Lipinski definition) is 2. The Hall–Kier alpha value is -2.22. The molecule has 0 atom stereocenters. The summed E-state index contributed by atoms with van der Waals surface area (Å²) in [5, 5.41) is 8.35. The van der Waals surface area contributed by atoms with E-state index < -0.39 is 36.7 Å². The molecule has 1 aromatic heterocycles. The highest BCUT2D eigenvalue weighted by molar-refractivity contribution is 6.32. The van der Waals surface area contributed by atoms with Crippen molar-refractivity contribution in [3.63, 3.8) is 0 Å². The molecular formula is C10H9ClFN3O4. The normalized spacial score (nSPS) is 10.0. The molecule has 0 saturated heterocycles. The monoisotopic (exact) mass is 289 g/mol. The van der Waals surface area contributed by atoms with E-state index in [1.165, 1.54) is 0 Å². The second-order valence-electron chi connectivity index (χ2n) is 3.51. The van der Waals surface area contributed by atoms with Crippen molar-refractivity contribution in [1.82, 2.24) is 9.88 Å². The number of pyridine rings is 1. The van der Waals surface area contributed by atoms with Gasteiger partial charge in [0.05, 0.1) is 11.8 Å². The largest absolute Gasteiger partial charge is 0.480 e. The lowest BCUT2D eigenvalue weighted by atomic mass is 10.2. The van der Waals surface area contributed by atoms with Crippen molar-refractivity contribution < 1.29 is 23.9 Å². The van der Waals surface area contributed by atoms with Crippen LogP contribution in [0.5, 0.6) is 0 Å². The number of carbonyl (C=O) groups is 3. The molecule has 0 aliphatic heterocycles. The van der Waals surface area contributed by atoms with Gasteiger partial charge in [-0.3, -0.25) is 14.4 Å². The third-order valence-electron chi connectivity index (χ3n) is 2.00. The minimum absolute atomic E-state index is 0.300. The van der Waals surface area contributed by atoms with Crippen molar-refractivity contribution in [1.29, 1.82) is 0 Å². The molecule has 102 valence electrons. The fraction of sp³-hybridized carbons (Fsp3) is 0.200. The van der Waals surface area contributed by atoms with Crippen molar-refractivity contribution in [2.24, 2.45) is 5.73 Å². The molecule has 1 aromatic rings. The van der Waals surface area contributed by atoms with Gasteiger partial charge >= 0.3 is 5.97 Å². The minimum atomic E-state index is -1.35. The van der Waals surface area contributed by atoms with Gasteiger partial charge in [0.25, 0.3) is 5.91 Å². The van der Waals surface area contributed by atoms with E-state index in [4.69, 9.17) is 22.4 Å². The molecule has 0 saturated carbocycles. The Balaban J connectivity index is 3.07. The maximum absolute atomic E-state index is 13.0. The van der Waals surface area contributed by atoms with Crippen LogP contribution < -0.4 is 5.73 Å². The van der Waals surface area contributed by atoms with Crippen molar-refractivity contribution in [3.05, 3.63) is 28.8 Å². The lowest BCUT2D eigenvalue weighted by Gasteiger charge is -2.19. The number of carboxylic acid groups (broad SMARTS) is 1. The van der Waals surface area contributed by atoms with Gasteiger partial charge in [-0.25, -0.2) is 9.37 Å². The van der Waals surface area contributed by atoms with Gasteiger partial charge in [-0.2, -0.15) is 0 Å². The quantitative estimate of drug-likeness (QED) is 0.734. The first-order chi connectivity index (χ1) is 8.81. The number of carboxylic acids is 1. The Kier molecular flexibility index (Phi) is 4.76. The first-order valence-electron chi connectivity index (χ1n) is 4.91. The summed E-state index contributed by atoms with van der Waals surface area (Å²) in [7, 11) is 0. The fourth-order valence-corrected chi connectivity index (χ4v) is 1.48. The van der Waals surface area contributed by atoms with E-state index in [9.17, 15) is 18.8 Å². The van der Waals surface area contributed by atoms with Gasteiger partial charge in [0.15, 0.2) is 0 Å². The summed E-state index contributed by atoms with van der Waals surface area (Å²) in [5.41, 5.74) is 4.56. The van der Waals surface area contributed by atoms with Crippen LogP contribution in [0, 0.1) is 5.82 Å².